The number of Topliss-reactive ketones (excluding diaryl/α,β-unsaturated/α-hetero) is 1. The van der Waals surface area contributed by atoms with Gasteiger partial charge >= 0.3 is 0 Å². The van der Waals surface area contributed by atoms with Crippen molar-refractivity contribution in [2.75, 3.05) is 0 Å². The maximum absolute atomic E-state index is 12.1. The second-order valence-electron chi connectivity index (χ2n) is 3.93. The van der Waals surface area contributed by atoms with Crippen molar-refractivity contribution in [3.8, 4) is 0 Å². The first-order valence-electron chi connectivity index (χ1n) is 5.37. The van der Waals surface area contributed by atoms with E-state index in [0.717, 1.165) is 29.3 Å². The van der Waals surface area contributed by atoms with Gasteiger partial charge in [0.15, 0.2) is 5.78 Å². The molecule has 3 heteroatoms. The fourth-order valence-electron chi connectivity index (χ4n) is 1.87. The zero-order valence-corrected chi connectivity index (χ0v) is 11.1. The molecule has 0 aromatic heterocycles. The van der Waals surface area contributed by atoms with Crippen LogP contribution in [0.4, 0.5) is 0 Å². The maximum atomic E-state index is 12.1. The van der Waals surface area contributed by atoms with Crippen molar-refractivity contribution in [3.05, 3.63) is 44.9 Å². The zero-order chi connectivity index (χ0) is 11.5. The molecule has 84 valence electrons. The van der Waals surface area contributed by atoms with E-state index in [9.17, 15) is 4.79 Å². The zero-order valence-electron chi connectivity index (χ0n) is 8.80. The number of hydrogen-bond acceptors (Lipinski definition) is 1. The minimum Gasteiger partial charge on any atom is -0.289 e. The third kappa shape index (κ3) is 2.55. The van der Waals surface area contributed by atoms with Gasteiger partial charge in [0.2, 0.25) is 0 Å². The van der Waals surface area contributed by atoms with Crippen molar-refractivity contribution in [3.63, 3.8) is 0 Å². The first-order valence-corrected chi connectivity index (χ1v) is 6.54. The number of halogens is 2. The summed E-state index contributed by atoms with van der Waals surface area (Å²) < 4.78 is 0.823. The van der Waals surface area contributed by atoms with Crippen LogP contribution >= 0.6 is 27.5 Å². The summed E-state index contributed by atoms with van der Waals surface area (Å²) in [5, 5.41) is 0.585. The van der Waals surface area contributed by atoms with Gasteiger partial charge in [-0.2, -0.15) is 0 Å². The van der Waals surface area contributed by atoms with E-state index < -0.39 is 0 Å². The van der Waals surface area contributed by atoms with Gasteiger partial charge in [0, 0.05) is 10.0 Å². The molecule has 0 unspecified atom stereocenters. The molecule has 2 rings (SSSR count). The van der Waals surface area contributed by atoms with Crippen LogP contribution in [0.5, 0.6) is 0 Å². The number of rotatable bonds is 2. The first kappa shape index (κ1) is 11.9. The molecule has 0 fully saturated rings. The minimum atomic E-state index is 0.120. The normalized spacial score (nSPS) is 15.8. The van der Waals surface area contributed by atoms with Crippen LogP contribution in [0.15, 0.2) is 34.3 Å². The molecule has 0 aliphatic heterocycles. The van der Waals surface area contributed by atoms with E-state index in [1.165, 1.54) is 6.42 Å². The van der Waals surface area contributed by atoms with Gasteiger partial charge in [-0.05, 0) is 65.4 Å². The van der Waals surface area contributed by atoms with Gasteiger partial charge in [0.05, 0.1) is 5.02 Å². The fraction of sp³-hybridized carbons (Fsp3) is 0.308. The Bertz CT molecular complexity index is 451. The van der Waals surface area contributed by atoms with Gasteiger partial charge in [-0.3, -0.25) is 4.79 Å². The Kier molecular flexibility index (Phi) is 3.82. The molecular formula is C13H12BrClO. The fourth-order valence-corrected chi connectivity index (χ4v) is 2.29. The highest BCUT2D eigenvalue weighted by Gasteiger charge is 2.15. The molecule has 1 nitrogen and oxygen atoms in total. The Labute approximate surface area is 109 Å². The molecule has 1 aromatic carbocycles. The molecule has 1 aromatic rings. The topological polar surface area (TPSA) is 17.1 Å². The average molecular weight is 300 g/mol. The van der Waals surface area contributed by atoms with Crippen LogP contribution in [0.2, 0.25) is 5.02 Å². The van der Waals surface area contributed by atoms with Crippen LogP contribution in [0.1, 0.15) is 36.0 Å². The smallest absolute Gasteiger partial charge is 0.188 e. The van der Waals surface area contributed by atoms with Gasteiger partial charge in [-0.25, -0.2) is 0 Å². The molecule has 0 atom stereocenters. The summed E-state index contributed by atoms with van der Waals surface area (Å²) in [6.07, 6.45) is 6.28. The van der Waals surface area contributed by atoms with Crippen LogP contribution in [0, 0.1) is 0 Å². The van der Waals surface area contributed by atoms with E-state index in [-0.39, 0.29) is 5.78 Å². The van der Waals surface area contributed by atoms with Crippen molar-refractivity contribution < 1.29 is 4.79 Å². The molecule has 0 saturated heterocycles. The second-order valence-corrected chi connectivity index (χ2v) is 5.19. The van der Waals surface area contributed by atoms with Gasteiger partial charge in [-0.15, -0.1) is 0 Å². The molecule has 1 aliphatic rings. The van der Waals surface area contributed by atoms with Crippen LogP contribution in [-0.4, -0.2) is 5.78 Å². The predicted molar refractivity (Wildman–Crippen MR) is 70.0 cm³/mol. The molecular weight excluding hydrogens is 287 g/mol. The molecule has 0 saturated carbocycles. The SMILES string of the molecule is O=C(C1=CCCCC1)c1ccc(Br)c(Cl)c1. The summed E-state index contributed by atoms with van der Waals surface area (Å²) in [7, 11) is 0. The van der Waals surface area contributed by atoms with Gasteiger partial charge in [-0.1, -0.05) is 17.7 Å². The highest BCUT2D eigenvalue weighted by Crippen LogP contribution is 2.26. The Morgan fingerprint density at radius 1 is 1.31 bits per heavy atom. The van der Waals surface area contributed by atoms with E-state index in [4.69, 9.17) is 11.6 Å². The van der Waals surface area contributed by atoms with E-state index in [2.05, 4.69) is 22.0 Å². The molecule has 0 N–H and O–H groups in total. The van der Waals surface area contributed by atoms with E-state index in [1.807, 2.05) is 12.1 Å². The summed E-state index contributed by atoms with van der Waals surface area (Å²) in [4.78, 5) is 12.1. The van der Waals surface area contributed by atoms with E-state index >= 15 is 0 Å². The van der Waals surface area contributed by atoms with Crippen molar-refractivity contribution in [1.29, 1.82) is 0 Å². The highest BCUT2D eigenvalue weighted by atomic mass is 79.9. The first-order chi connectivity index (χ1) is 7.68. The number of carbonyl (C=O) groups excluding carboxylic acids is 1. The second kappa shape index (κ2) is 5.15. The van der Waals surface area contributed by atoms with Crippen molar-refractivity contribution in [2.45, 2.75) is 25.7 Å². The highest BCUT2D eigenvalue weighted by molar-refractivity contribution is 9.10. The quantitative estimate of drug-likeness (QED) is 0.718. The molecule has 1 aliphatic carbocycles. The number of ketones is 1. The number of hydrogen-bond donors (Lipinski definition) is 0. The van der Waals surface area contributed by atoms with Crippen molar-refractivity contribution in [1.82, 2.24) is 0 Å². The molecule has 16 heavy (non-hydrogen) atoms. The van der Waals surface area contributed by atoms with Gasteiger partial charge in [0.25, 0.3) is 0 Å². The van der Waals surface area contributed by atoms with E-state index in [0.29, 0.717) is 10.6 Å². The summed E-state index contributed by atoms with van der Waals surface area (Å²) >= 11 is 9.29. The van der Waals surface area contributed by atoms with Crippen LogP contribution in [0.3, 0.4) is 0 Å². The monoisotopic (exact) mass is 298 g/mol. The molecule has 0 spiro atoms. The Hall–Kier alpha value is -0.600. The maximum Gasteiger partial charge on any atom is 0.188 e. The summed E-state index contributed by atoms with van der Waals surface area (Å²) in [5.41, 5.74) is 1.62. The number of benzene rings is 1. The summed E-state index contributed by atoms with van der Waals surface area (Å²) in [6, 6.07) is 5.36. The lowest BCUT2D eigenvalue weighted by Gasteiger charge is -2.11. The van der Waals surface area contributed by atoms with Crippen LogP contribution < -0.4 is 0 Å². The lowest BCUT2D eigenvalue weighted by Crippen LogP contribution is -2.06. The number of carbonyl (C=O) groups is 1. The Morgan fingerprint density at radius 2 is 2.12 bits per heavy atom. The Morgan fingerprint density at radius 3 is 2.75 bits per heavy atom. The largest absolute Gasteiger partial charge is 0.289 e. The molecule has 0 bridgehead atoms. The van der Waals surface area contributed by atoms with Crippen LogP contribution in [0.25, 0.3) is 0 Å². The lowest BCUT2D eigenvalue weighted by molar-refractivity contribution is 0.102. The molecule has 0 heterocycles. The van der Waals surface area contributed by atoms with Gasteiger partial charge < -0.3 is 0 Å². The van der Waals surface area contributed by atoms with Crippen molar-refractivity contribution in [2.24, 2.45) is 0 Å². The Balaban J connectivity index is 2.26. The minimum absolute atomic E-state index is 0.120. The summed E-state index contributed by atoms with van der Waals surface area (Å²) in [6.45, 7) is 0. The number of allylic oxidation sites excluding steroid dienone is 2. The lowest BCUT2D eigenvalue weighted by atomic mass is 9.93. The standard InChI is InChI=1S/C13H12BrClO/c14-11-7-6-10(8-12(11)15)13(16)9-4-2-1-3-5-9/h4,6-8H,1-3,5H2. The third-order valence-corrected chi connectivity index (χ3v) is 4.00. The summed E-state index contributed by atoms with van der Waals surface area (Å²) in [5.74, 6) is 0.120. The third-order valence-electron chi connectivity index (χ3n) is 2.76. The van der Waals surface area contributed by atoms with Crippen LogP contribution in [-0.2, 0) is 0 Å². The molecule has 0 amide bonds. The predicted octanol–water partition coefficient (Wildman–Crippen LogP) is 4.79. The van der Waals surface area contributed by atoms with Crippen molar-refractivity contribution >= 4 is 33.3 Å². The van der Waals surface area contributed by atoms with E-state index in [1.54, 1.807) is 6.07 Å². The molecule has 0 radical (unpaired) electrons. The average Bonchev–Trinajstić information content (AvgIpc) is 2.33. The van der Waals surface area contributed by atoms with Gasteiger partial charge in [0.1, 0.15) is 0 Å².